The van der Waals surface area contributed by atoms with Crippen LogP contribution in [0.3, 0.4) is 0 Å². The summed E-state index contributed by atoms with van der Waals surface area (Å²) in [7, 11) is 0. The third-order valence-electron chi connectivity index (χ3n) is 4.00. The average molecular weight is 190 g/mol. The number of hydrogen-bond donors (Lipinski definition) is 0. The molecule has 0 aliphatic heterocycles. The predicted octanol–water partition coefficient (Wildman–Crippen LogP) is 4.25. The van der Waals surface area contributed by atoms with E-state index in [0.717, 1.165) is 12.8 Å². The monoisotopic (exact) mass is 190 g/mol. The molecule has 78 valence electrons. The molecule has 0 bridgehead atoms. The van der Waals surface area contributed by atoms with E-state index in [1.807, 2.05) is 0 Å². The zero-order valence-corrected chi connectivity index (χ0v) is 8.87. The van der Waals surface area contributed by atoms with E-state index in [1.165, 1.54) is 0 Å². The summed E-state index contributed by atoms with van der Waals surface area (Å²) >= 11 is 0. The molecule has 0 aromatic heterocycles. The van der Waals surface area contributed by atoms with Crippen molar-refractivity contribution in [3.63, 3.8) is 0 Å². The van der Waals surface area contributed by atoms with Crippen molar-refractivity contribution in [1.82, 2.24) is 0 Å². The fourth-order valence-corrected chi connectivity index (χ4v) is 2.37. The molecule has 1 aliphatic carbocycles. The van der Waals surface area contributed by atoms with Gasteiger partial charge in [-0.15, -0.1) is 0 Å². The number of rotatable bonds is 3. The Hall–Kier alpha value is -0.140. The summed E-state index contributed by atoms with van der Waals surface area (Å²) in [5, 5.41) is 0. The Labute approximate surface area is 79.7 Å². The first-order valence-electron chi connectivity index (χ1n) is 5.31. The van der Waals surface area contributed by atoms with Crippen LogP contribution in [0.2, 0.25) is 0 Å². The summed E-state index contributed by atoms with van der Waals surface area (Å²) in [6.45, 7) is 6.37. The molecule has 1 atom stereocenters. The molecule has 0 saturated heterocycles. The SMILES string of the molecule is CCC(C)(CC)C1CCC(F)(F)C1. The van der Waals surface area contributed by atoms with Crippen molar-refractivity contribution < 1.29 is 8.78 Å². The number of hydrogen-bond acceptors (Lipinski definition) is 0. The van der Waals surface area contributed by atoms with Gasteiger partial charge in [0.05, 0.1) is 0 Å². The summed E-state index contributed by atoms with van der Waals surface area (Å²) in [4.78, 5) is 0. The summed E-state index contributed by atoms with van der Waals surface area (Å²) in [6, 6.07) is 0. The highest BCUT2D eigenvalue weighted by Gasteiger charge is 2.45. The quantitative estimate of drug-likeness (QED) is 0.624. The molecule has 0 amide bonds. The minimum atomic E-state index is -2.38. The van der Waals surface area contributed by atoms with Gasteiger partial charge in [-0.2, -0.15) is 0 Å². The molecule has 0 nitrogen and oxygen atoms in total. The molecule has 1 unspecified atom stereocenters. The lowest BCUT2D eigenvalue weighted by molar-refractivity contribution is -0.00399. The van der Waals surface area contributed by atoms with Gasteiger partial charge in [0.15, 0.2) is 0 Å². The van der Waals surface area contributed by atoms with E-state index in [2.05, 4.69) is 20.8 Å². The zero-order chi connectivity index (χ0) is 10.1. The minimum absolute atomic E-state index is 0.104. The topological polar surface area (TPSA) is 0 Å². The van der Waals surface area contributed by atoms with Crippen molar-refractivity contribution in [2.24, 2.45) is 11.3 Å². The zero-order valence-electron chi connectivity index (χ0n) is 8.87. The second kappa shape index (κ2) is 3.55. The van der Waals surface area contributed by atoms with Crippen LogP contribution in [0, 0.1) is 11.3 Å². The molecule has 1 saturated carbocycles. The van der Waals surface area contributed by atoms with E-state index in [4.69, 9.17) is 0 Å². The molecule has 0 spiro atoms. The van der Waals surface area contributed by atoms with Crippen molar-refractivity contribution in [1.29, 1.82) is 0 Å². The highest BCUT2D eigenvalue weighted by molar-refractivity contribution is 4.90. The van der Waals surface area contributed by atoms with Gasteiger partial charge in [0.2, 0.25) is 5.92 Å². The summed E-state index contributed by atoms with van der Waals surface area (Å²) in [5.74, 6) is -2.14. The van der Waals surface area contributed by atoms with Gasteiger partial charge in [0.25, 0.3) is 0 Å². The Morgan fingerprint density at radius 1 is 1.31 bits per heavy atom. The molecule has 0 aromatic rings. The van der Waals surface area contributed by atoms with E-state index in [9.17, 15) is 8.78 Å². The molecule has 0 radical (unpaired) electrons. The van der Waals surface area contributed by atoms with Gasteiger partial charge in [-0.25, -0.2) is 8.78 Å². The Morgan fingerprint density at radius 3 is 2.15 bits per heavy atom. The lowest BCUT2D eigenvalue weighted by Crippen LogP contribution is -2.25. The Morgan fingerprint density at radius 2 is 1.85 bits per heavy atom. The molecule has 1 rings (SSSR count). The number of halogens is 2. The van der Waals surface area contributed by atoms with Crippen molar-refractivity contribution in [3.05, 3.63) is 0 Å². The van der Waals surface area contributed by atoms with Gasteiger partial charge in [-0.1, -0.05) is 33.6 Å². The smallest absolute Gasteiger partial charge is 0.207 e. The van der Waals surface area contributed by atoms with Crippen LogP contribution in [0.15, 0.2) is 0 Å². The lowest BCUT2D eigenvalue weighted by atomic mass is 9.72. The molecule has 1 aliphatic rings. The molecule has 0 N–H and O–H groups in total. The van der Waals surface area contributed by atoms with E-state index in [-0.39, 0.29) is 24.2 Å². The van der Waals surface area contributed by atoms with Gasteiger partial charge in [-0.3, -0.25) is 0 Å². The van der Waals surface area contributed by atoms with Crippen LogP contribution >= 0.6 is 0 Å². The normalized spacial score (nSPS) is 27.9. The van der Waals surface area contributed by atoms with Crippen LogP contribution in [0.25, 0.3) is 0 Å². The summed E-state index contributed by atoms with van der Waals surface area (Å²) in [5.41, 5.74) is 0.139. The minimum Gasteiger partial charge on any atom is -0.207 e. The molecule has 0 heterocycles. The predicted molar refractivity (Wildman–Crippen MR) is 51.0 cm³/mol. The van der Waals surface area contributed by atoms with Crippen LogP contribution in [-0.4, -0.2) is 5.92 Å². The largest absolute Gasteiger partial charge is 0.248 e. The standard InChI is InChI=1S/C11H20F2/c1-4-10(3,5-2)9-6-7-11(12,13)8-9/h9H,4-8H2,1-3H3. The first-order valence-corrected chi connectivity index (χ1v) is 5.31. The molecular weight excluding hydrogens is 170 g/mol. The van der Waals surface area contributed by atoms with Gasteiger partial charge in [-0.05, 0) is 17.8 Å². The molecule has 13 heavy (non-hydrogen) atoms. The second-order valence-electron chi connectivity index (χ2n) is 4.66. The fourth-order valence-electron chi connectivity index (χ4n) is 2.37. The lowest BCUT2D eigenvalue weighted by Gasteiger charge is -2.33. The summed E-state index contributed by atoms with van der Waals surface area (Å²) < 4.78 is 26.0. The Balaban J connectivity index is 2.63. The van der Waals surface area contributed by atoms with Gasteiger partial charge in [0, 0.05) is 12.8 Å². The highest BCUT2D eigenvalue weighted by atomic mass is 19.3. The third kappa shape index (κ3) is 2.21. The molecule has 0 aromatic carbocycles. The second-order valence-corrected chi connectivity index (χ2v) is 4.66. The number of alkyl halides is 2. The summed E-state index contributed by atoms with van der Waals surface area (Å²) in [6.07, 6.45) is 2.97. The molecule has 2 heteroatoms. The molecular formula is C11H20F2. The van der Waals surface area contributed by atoms with E-state index in [1.54, 1.807) is 0 Å². The van der Waals surface area contributed by atoms with Crippen molar-refractivity contribution >= 4 is 0 Å². The highest BCUT2D eigenvalue weighted by Crippen LogP contribution is 2.49. The Kier molecular flexibility index (Phi) is 2.98. The third-order valence-corrected chi connectivity index (χ3v) is 4.00. The maximum Gasteiger partial charge on any atom is 0.248 e. The maximum absolute atomic E-state index is 13.0. The fraction of sp³-hybridized carbons (Fsp3) is 1.00. The van der Waals surface area contributed by atoms with Crippen LogP contribution in [0.5, 0.6) is 0 Å². The van der Waals surface area contributed by atoms with Crippen molar-refractivity contribution in [2.45, 2.75) is 58.8 Å². The van der Waals surface area contributed by atoms with Crippen molar-refractivity contribution in [3.8, 4) is 0 Å². The van der Waals surface area contributed by atoms with Crippen LogP contribution < -0.4 is 0 Å². The van der Waals surface area contributed by atoms with E-state index < -0.39 is 5.92 Å². The Bertz CT molecular complexity index is 171. The molecule has 1 fully saturated rings. The maximum atomic E-state index is 13.0. The first kappa shape index (κ1) is 10.9. The first-order chi connectivity index (χ1) is 5.93. The van der Waals surface area contributed by atoms with Crippen LogP contribution in [-0.2, 0) is 0 Å². The van der Waals surface area contributed by atoms with Gasteiger partial charge < -0.3 is 0 Å². The van der Waals surface area contributed by atoms with E-state index in [0.29, 0.717) is 6.42 Å². The van der Waals surface area contributed by atoms with Crippen LogP contribution in [0.4, 0.5) is 8.78 Å². The van der Waals surface area contributed by atoms with Crippen LogP contribution in [0.1, 0.15) is 52.9 Å². The van der Waals surface area contributed by atoms with E-state index >= 15 is 0 Å². The van der Waals surface area contributed by atoms with Gasteiger partial charge >= 0.3 is 0 Å². The average Bonchev–Trinajstić information content (AvgIpc) is 2.45. The van der Waals surface area contributed by atoms with Gasteiger partial charge in [0.1, 0.15) is 0 Å². The van der Waals surface area contributed by atoms with Crippen molar-refractivity contribution in [2.75, 3.05) is 0 Å².